The first-order valence-electron chi connectivity index (χ1n) is 5.65. The van der Waals surface area contributed by atoms with Crippen molar-refractivity contribution in [2.75, 3.05) is 27.2 Å². The number of hydrogen-bond acceptors (Lipinski definition) is 3. The molecule has 0 aromatic rings. The zero-order valence-corrected chi connectivity index (χ0v) is 10.5. The Bertz CT molecular complexity index is 180. The van der Waals surface area contributed by atoms with E-state index in [1.165, 1.54) is 0 Å². The smallest absolute Gasteiger partial charge is 0.221 e. The molecule has 0 spiro atoms. The predicted molar refractivity (Wildman–Crippen MR) is 63.7 cm³/mol. The van der Waals surface area contributed by atoms with E-state index >= 15 is 0 Å². The van der Waals surface area contributed by atoms with Crippen LogP contribution in [0.3, 0.4) is 0 Å². The Morgan fingerprint density at radius 3 is 2.20 bits per heavy atom. The third kappa shape index (κ3) is 5.14. The Morgan fingerprint density at radius 1 is 1.33 bits per heavy atom. The van der Waals surface area contributed by atoms with E-state index in [-0.39, 0.29) is 11.4 Å². The Kier molecular flexibility index (Phi) is 6.52. The van der Waals surface area contributed by atoms with Gasteiger partial charge in [0.05, 0.1) is 5.54 Å². The van der Waals surface area contributed by atoms with Crippen molar-refractivity contribution in [1.29, 1.82) is 0 Å². The van der Waals surface area contributed by atoms with Gasteiger partial charge >= 0.3 is 0 Å². The highest BCUT2D eigenvalue weighted by molar-refractivity contribution is 5.77. The molecule has 0 aliphatic heterocycles. The van der Waals surface area contributed by atoms with Crippen molar-refractivity contribution in [2.24, 2.45) is 5.73 Å². The number of amides is 1. The van der Waals surface area contributed by atoms with E-state index in [2.05, 4.69) is 19.2 Å². The molecule has 4 heteroatoms. The Balaban J connectivity index is 4.11. The molecule has 0 aliphatic rings. The van der Waals surface area contributed by atoms with Gasteiger partial charge in [-0.25, -0.2) is 0 Å². The first-order chi connectivity index (χ1) is 6.99. The van der Waals surface area contributed by atoms with Crippen molar-refractivity contribution in [3.05, 3.63) is 0 Å². The fourth-order valence-electron chi connectivity index (χ4n) is 1.45. The fraction of sp³-hybridized carbons (Fsp3) is 0.909. The van der Waals surface area contributed by atoms with Crippen LogP contribution in [-0.4, -0.2) is 43.5 Å². The lowest BCUT2D eigenvalue weighted by Crippen LogP contribution is -2.53. The molecule has 3 N–H and O–H groups in total. The molecule has 4 nitrogen and oxygen atoms in total. The van der Waals surface area contributed by atoms with E-state index in [1.54, 1.807) is 0 Å². The lowest BCUT2D eigenvalue weighted by molar-refractivity contribution is -0.123. The molecule has 0 aliphatic carbocycles. The summed E-state index contributed by atoms with van der Waals surface area (Å²) in [6.07, 6.45) is 2.30. The Labute approximate surface area is 93.2 Å². The van der Waals surface area contributed by atoms with Gasteiger partial charge in [-0.15, -0.1) is 0 Å². The van der Waals surface area contributed by atoms with Crippen LogP contribution in [0, 0.1) is 0 Å². The van der Waals surface area contributed by atoms with Crippen molar-refractivity contribution in [3.8, 4) is 0 Å². The molecular weight excluding hydrogens is 190 g/mol. The van der Waals surface area contributed by atoms with Gasteiger partial charge in [0.1, 0.15) is 0 Å². The van der Waals surface area contributed by atoms with Crippen molar-refractivity contribution >= 4 is 5.91 Å². The van der Waals surface area contributed by atoms with E-state index in [0.717, 1.165) is 19.4 Å². The summed E-state index contributed by atoms with van der Waals surface area (Å²) in [5.41, 5.74) is 5.50. The molecule has 0 saturated heterocycles. The molecule has 1 amide bonds. The van der Waals surface area contributed by atoms with Crippen LogP contribution in [0.4, 0.5) is 0 Å². The molecule has 0 rings (SSSR count). The Hall–Kier alpha value is -0.610. The summed E-state index contributed by atoms with van der Waals surface area (Å²) < 4.78 is 0. The van der Waals surface area contributed by atoms with E-state index in [4.69, 9.17) is 5.73 Å². The van der Waals surface area contributed by atoms with Crippen LogP contribution >= 0.6 is 0 Å². The number of rotatable bonds is 7. The van der Waals surface area contributed by atoms with Crippen LogP contribution in [0.5, 0.6) is 0 Å². The standard InChI is InChI=1S/C11H25N3O/c1-5-11(6-2,9-12)13-10(15)7-8-14(3)4/h5-9,12H2,1-4H3,(H,13,15). The molecule has 0 saturated carbocycles. The zero-order valence-electron chi connectivity index (χ0n) is 10.5. The van der Waals surface area contributed by atoms with E-state index in [9.17, 15) is 4.79 Å². The second kappa shape index (κ2) is 6.80. The van der Waals surface area contributed by atoms with Gasteiger partial charge < -0.3 is 16.0 Å². The summed E-state index contributed by atoms with van der Waals surface area (Å²) in [5.74, 6) is 0.0952. The number of nitrogens with two attached hydrogens (primary N) is 1. The SMILES string of the molecule is CCC(CC)(CN)NC(=O)CCN(C)C. The summed E-state index contributed by atoms with van der Waals surface area (Å²) in [4.78, 5) is 13.6. The molecule has 0 heterocycles. The average molecular weight is 215 g/mol. The van der Waals surface area contributed by atoms with Gasteiger partial charge in [0, 0.05) is 19.5 Å². The summed E-state index contributed by atoms with van der Waals surface area (Å²) in [6, 6.07) is 0. The van der Waals surface area contributed by atoms with Crippen LogP contribution in [-0.2, 0) is 4.79 Å². The number of nitrogens with zero attached hydrogens (tertiary/aromatic N) is 1. The molecule has 0 fully saturated rings. The lowest BCUT2D eigenvalue weighted by atomic mass is 9.93. The van der Waals surface area contributed by atoms with Crippen LogP contribution in [0.1, 0.15) is 33.1 Å². The number of hydrogen-bond donors (Lipinski definition) is 2. The highest BCUT2D eigenvalue weighted by Gasteiger charge is 2.25. The average Bonchev–Trinajstić information content (AvgIpc) is 2.23. The van der Waals surface area contributed by atoms with Gasteiger partial charge in [-0.05, 0) is 26.9 Å². The molecule has 15 heavy (non-hydrogen) atoms. The van der Waals surface area contributed by atoms with Crippen LogP contribution in [0.25, 0.3) is 0 Å². The van der Waals surface area contributed by atoms with E-state index < -0.39 is 0 Å². The topological polar surface area (TPSA) is 58.4 Å². The molecule has 0 bridgehead atoms. The molecule has 90 valence electrons. The number of carbonyl (C=O) groups is 1. The predicted octanol–water partition coefficient (Wildman–Crippen LogP) is 0.572. The van der Waals surface area contributed by atoms with Crippen molar-refractivity contribution < 1.29 is 4.79 Å². The van der Waals surface area contributed by atoms with Gasteiger partial charge in [-0.1, -0.05) is 13.8 Å². The zero-order chi connectivity index (χ0) is 11.9. The summed E-state index contributed by atoms with van der Waals surface area (Å²) in [5, 5.41) is 3.04. The van der Waals surface area contributed by atoms with Crippen LogP contribution in [0.15, 0.2) is 0 Å². The molecule has 0 unspecified atom stereocenters. The minimum Gasteiger partial charge on any atom is -0.349 e. The summed E-state index contributed by atoms with van der Waals surface area (Å²) >= 11 is 0. The highest BCUT2D eigenvalue weighted by Crippen LogP contribution is 2.13. The maximum atomic E-state index is 11.6. The quantitative estimate of drug-likeness (QED) is 0.653. The molecule has 0 aromatic heterocycles. The van der Waals surface area contributed by atoms with Crippen LogP contribution in [0.2, 0.25) is 0 Å². The van der Waals surface area contributed by atoms with E-state index in [1.807, 2.05) is 19.0 Å². The maximum Gasteiger partial charge on any atom is 0.221 e. The van der Waals surface area contributed by atoms with Gasteiger partial charge in [0.25, 0.3) is 0 Å². The highest BCUT2D eigenvalue weighted by atomic mass is 16.1. The first kappa shape index (κ1) is 14.4. The Morgan fingerprint density at radius 2 is 1.87 bits per heavy atom. The summed E-state index contributed by atoms with van der Waals surface area (Å²) in [7, 11) is 3.92. The molecule has 0 radical (unpaired) electrons. The van der Waals surface area contributed by atoms with Gasteiger partial charge in [0.2, 0.25) is 5.91 Å². The number of nitrogens with one attached hydrogen (secondary N) is 1. The second-order valence-electron chi connectivity index (χ2n) is 4.29. The third-order valence-electron chi connectivity index (χ3n) is 2.93. The van der Waals surface area contributed by atoms with Gasteiger partial charge in [-0.3, -0.25) is 4.79 Å². The minimum atomic E-state index is -0.205. The monoisotopic (exact) mass is 215 g/mol. The molecular formula is C11H25N3O. The van der Waals surface area contributed by atoms with Gasteiger partial charge in [0.15, 0.2) is 0 Å². The van der Waals surface area contributed by atoms with Crippen LogP contribution < -0.4 is 11.1 Å². The summed E-state index contributed by atoms with van der Waals surface area (Å²) in [6.45, 7) is 5.40. The molecule has 0 aromatic carbocycles. The third-order valence-corrected chi connectivity index (χ3v) is 2.93. The normalized spacial score (nSPS) is 11.9. The largest absolute Gasteiger partial charge is 0.349 e. The van der Waals surface area contributed by atoms with Crippen molar-refractivity contribution in [1.82, 2.24) is 10.2 Å². The maximum absolute atomic E-state index is 11.6. The number of carbonyl (C=O) groups excluding carboxylic acids is 1. The second-order valence-corrected chi connectivity index (χ2v) is 4.29. The van der Waals surface area contributed by atoms with Crippen molar-refractivity contribution in [3.63, 3.8) is 0 Å². The van der Waals surface area contributed by atoms with E-state index in [0.29, 0.717) is 13.0 Å². The molecule has 0 atom stereocenters. The fourth-order valence-corrected chi connectivity index (χ4v) is 1.45. The van der Waals surface area contributed by atoms with Crippen molar-refractivity contribution in [2.45, 2.75) is 38.6 Å². The minimum absolute atomic E-state index is 0.0952. The first-order valence-corrected chi connectivity index (χ1v) is 5.65. The lowest BCUT2D eigenvalue weighted by Gasteiger charge is -2.31. The van der Waals surface area contributed by atoms with Gasteiger partial charge in [-0.2, -0.15) is 0 Å².